The molecule has 0 spiro atoms. The Hall–Kier alpha value is -0.580. The molecule has 138 valence electrons. The van der Waals surface area contributed by atoms with Gasteiger partial charge < -0.3 is 9.05 Å². The van der Waals surface area contributed by atoms with Crippen LogP contribution in [0.2, 0.25) is 0 Å². The van der Waals surface area contributed by atoms with Gasteiger partial charge in [0.2, 0.25) is 0 Å². The molecule has 1 rings (SSSR count). The van der Waals surface area contributed by atoms with Crippen LogP contribution >= 0.6 is 19.4 Å². The van der Waals surface area contributed by atoms with Crippen molar-refractivity contribution in [1.29, 1.82) is 0 Å². The van der Waals surface area contributed by atoms with Crippen molar-refractivity contribution in [3.05, 3.63) is 24.3 Å². The number of thioether (sulfide) groups is 1. The SMILES string of the molecule is COP(=O)(COS(=O)(=O)c1ccccc1SC(F)(F)F)OC(C)C. The van der Waals surface area contributed by atoms with E-state index in [2.05, 4.69) is 8.71 Å². The Kier molecular flexibility index (Phi) is 7.33. The molecule has 0 aliphatic rings. The molecule has 0 bridgehead atoms. The third-order valence-electron chi connectivity index (χ3n) is 2.36. The smallest absolute Gasteiger partial charge is 0.310 e. The minimum atomic E-state index is -4.67. The first-order valence-electron chi connectivity index (χ1n) is 6.46. The predicted octanol–water partition coefficient (Wildman–Crippen LogP) is 4.23. The molecule has 6 nitrogen and oxygen atoms in total. The van der Waals surface area contributed by atoms with Gasteiger partial charge in [-0.3, -0.25) is 8.75 Å². The summed E-state index contributed by atoms with van der Waals surface area (Å²) in [6.07, 6.45) is -1.48. The maximum Gasteiger partial charge on any atom is 0.446 e. The van der Waals surface area contributed by atoms with E-state index in [4.69, 9.17) is 4.52 Å². The van der Waals surface area contributed by atoms with Crippen LogP contribution in [0.1, 0.15) is 13.8 Å². The van der Waals surface area contributed by atoms with E-state index in [1.54, 1.807) is 13.8 Å². The number of hydrogen-bond acceptors (Lipinski definition) is 7. The van der Waals surface area contributed by atoms with Crippen molar-refractivity contribution in [3.8, 4) is 0 Å². The Labute approximate surface area is 142 Å². The molecule has 1 aromatic rings. The van der Waals surface area contributed by atoms with Gasteiger partial charge in [0, 0.05) is 12.0 Å². The molecule has 0 aliphatic heterocycles. The lowest BCUT2D eigenvalue weighted by Gasteiger charge is -2.19. The fourth-order valence-corrected chi connectivity index (χ4v) is 5.16. The van der Waals surface area contributed by atoms with Crippen molar-refractivity contribution >= 4 is 29.5 Å². The van der Waals surface area contributed by atoms with Gasteiger partial charge in [0.1, 0.15) is 4.90 Å². The van der Waals surface area contributed by atoms with Gasteiger partial charge >= 0.3 is 13.1 Å². The van der Waals surface area contributed by atoms with Gasteiger partial charge in [0.15, 0.2) is 6.35 Å². The minimum Gasteiger partial charge on any atom is -0.310 e. The molecular weight excluding hydrogens is 392 g/mol. The monoisotopic (exact) mass is 408 g/mol. The van der Waals surface area contributed by atoms with E-state index < -0.39 is 57.2 Å². The van der Waals surface area contributed by atoms with E-state index in [9.17, 15) is 26.2 Å². The molecule has 12 heteroatoms. The summed E-state index contributed by atoms with van der Waals surface area (Å²) >= 11 is -0.587. The second-order valence-electron chi connectivity index (χ2n) is 4.64. The van der Waals surface area contributed by atoms with Crippen LogP contribution in [-0.4, -0.2) is 33.5 Å². The molecule has 1 aromatic carbocycles. The summed E-state index contributed by atoms with van der Waals surface area (Å²) < 4.78 is 88.3. The van der Waals surface area contributed by atoms with Crippen molar-refractivity contribution in [3.63, 3.8) is 0 Å². The molecule has 1 unspecified atom stereocenters. The molecule has 1 atom stereocenters. The summed E-state index contributed by atoms with van der Waals surface area (Å²) in [6, 6.07) is 4.46. The molecule has 24 heavy (non-hydrogen) atoms. The zero-order valence-corrected chi connectivity index (χ0v) is 15.5. The van der Waals surface area contributed by atoms with Crippen molar-refractivity contribution < 1.29 is 39.4 Å². The summed E-state index contributed by atoms with van der Waals surface area (Å²) in [6.45, 7) is 3.10. The highest BCUT2D eigenvalue weighted by molar-refractivity contribution is 8.00. The molecule has 0 aromatic heterocycles. The third-order valence-corrected chi connectivity index (χ3v) is 6.54. The average molecular weight is 408 g/mol. The quantitative estimate of drug-likeness (QED) is 0.362. The van der Waals surface area contributed by atoms with Gasteiger partial charge in [-0.05, 0) is 37.7 Å². The molecule has 0 saturated carbocycles. The van der Waals surface area contributed by atoms with Gasteiger partial charge in [0.25, 0.3) is 10.1 Å². The van der Waals surface area contributed by atoms with Crippen molar-refractivity contribution in [1.82, 2.24) is 0 Å². The van der Waals surface area contributed by atoms with Crippen LogP contribution in [0.4, 0.5) is 13.2 Å². The average Bonchev–Trinajstić information content (AvgIpc) is 2.43. The van der Waals surface area contributed by atoms with E-state index in [1.165, 1.54) is 12.1 Å². The van der Waals surface area contributed by atoms with Gasteiger partial charge in [-0.15, -0.1) is 0 Å². The van der Waals surface area contributed by atoms with Crippen LogP contribution < -0.4 is 0 Å². The normalized spacial score (nSPS) is 15.5. The van der Waals surface area contributed by atoms with E-state index in [-0.39, 0.29) is 0 Å². The van der Waals surface area contributed by atoms with Crippen molar-refractivity contribution in [2.24, 2.45) is 0 Å². The van der Waals surface area contributed by atoms with Gasteiger partial charge in [-0.2, -0.15) is 21.6 Å². The van der Waals surface area contributed by atoms with E-state index in [0.717, 1.165) is 19.2 Å². The maximum atomic E-state index is 12.5. The van der Waals surface area contributed by atoms with Gasteiger partial charge in [0.05, 0.1) is 6.10 Å². The number of benzene rings is 1. The zero-order valence-electron chi connectivity index (χ0n) is 12.9. The first-order chi connectivity index (χ1) is 10.9. The van der Waals surface area contributed by atoms with Crippen LogP contribution in [0.3, 0.4) is 0 Å². The summed E-state index contributed by atoms with van der Waals surface area (Å²) in [5.41, 5.74) is -4.67. The first kappa shape index (κ1) is 21.5. The fraction of sp³-hybridized carbons (Fsp3) is 0.500. The lowest BCUT2D eigenvalue weighted by atomic mass is 10.4. The second-order valence-corrected chi connectivity index (χ2v) is 9.39. The second kappa shape index (κ2) is 8.20. The first-order valence-corrected chi connectivity index (χ1v) is 10.4. The summed E-state index contributed by atoms with van der Waals surface area (Å²) in [4.78, 5) is -1.23. The van der Waals surface area contributed by atoms with Gasteiger partial charge in [-0.25, -0.2) is 0 Å². The molecule has 0 fully saturated rings. The summed E-state index contributed by atoms with van der Waals surface area (Å²) in [7, 11) is -7.41. The highest BCUT2D eigenvalue weighted by atomic mass is 32.2. The molecule has 0 N–H and O–H groups in total. The standard InChI is InChI=1S/C12H16F3O6PS2/c1-9(2)21-22(16,19-3)8-20-24(17,18)11-7-5-4-6-10(11)23-12(13,14)15/h4-7,9H,8H2,1-3H3. The minimum absolute atomic E-state index is 0.532. The topological polar surface area (TPSA) is 78.9 Å². The number of halogens is 3. The van der Waals surface area contributed by atoms with Crippen molar-refractivity contribution in [2.75, 3.05) is 13.5 Å². The Bertz CT molecular complexity index is 705. The van der Waals surface area contributed by atoms with E-state index >= 15 is 0 Å². The third kappa shape index (κ3) is 6.73. The highest BCUT2D eigenvalue weighted by Crippen LogP contribution is 2.49. The van der Waals surface area contributed by atoms with Crippen LogP contribution in [-0.2, 0) is 27.9 Å². The van der Waals surface area contributed by atoms with E-state index in [1.807, 2.05) is 0 Å². The fourth-order valence-electron chi connectivity index (χ4n) is 1.51. The number of hydrogen-bond donors (Lipinski definition) is 0. The molecule has 0 saturated heterocycles. The van der Waals surface area contributed by atoms with E-state index in [0.29, 0.717) is 0 Å². The van der Waals surface area contributed by atoms with Crippen LogP contribution in [0.25, 0.3) is 0 Å². The largest absolute Gasteiger partial charge is 0.446 e. The van der Waals surface area contributed by atoms with Crippen LogP contribution in [0.15, 0.2) is 34.1 Å². The summed E-state index contributed by atoms with van der Waals surface area (Å²) in [5.74, 6) is 0. The molecule has 0 amide bonds. The maximum absolute atomic E-state index is 12.5. The summed E-state index contributed by atoms with van der Waals surface area (Å²) in [5, 5.41) is 0. The van der Waals surface area contributed by atoms with Gasteiger partial charge in [-0.1, -0.05) is 12.1 Å². The zero-order chi connectivity index (χ0) is 18.6. The lowest BCUT2D eigenvalue weighted by Crippen LogP contribution is -2.13. The lowest BCUT2D eigenvalue weighted by molar-refractivity contribution is -0.0329. The molecule has 0 radical (unpaired) electrons. The Balaban J connectivity index is 3.03. The Morgan fingerprint density at radius 2 is 1.83 bits per heavy atom. The molecule has 0 aliphatic carbocycles. The number of alkyl halides is 3. The number of rotatable bonds is 8. The molecular formula is C12H16F3O6PS2. The van der Waals surface area contributed by atoms with Crippen molar-refractivity contribution in [2.45, 2.75) is 35.3 Å². The highest BCUT2D eigenvalue weighted by Gasteiger charge is 2.34. The predicted molar refractivity (Wildman–Crippen MR) is 82.3 cm³/mol. The molecule has 0 heterocycles. The Morgan fingerprint density at radius 1 is 1.25 bits per heavy atom. The Morgan fingerprint density at radius 3 is 2.33 bits per heavy atom. The van der Waals surface area contributed by atoms with Crippen LogP contribution in [0.5, 0.6) is 0 Å². The van der Waals surface area contributed by atoms with Crippen LogP contribution in [0, 0.1) is 0 Å².